The molecule has 6 fully saturated rings. The highest BCUT2D eigenvalue weighted by Gasteiger charge is 2.74. The number of hydrogen-bond donors (Lipinski definition) is 9. The normalized spacial score (nSPS) is 53.3. The lowest BCUT2D eigenvalue weighted by Gasteiger charge is -2.70. The largest absolute Gasteiger partial charge is 0.481 e. The molecule has 5 aliphatic carbocycles. The number of aliphatic hydroxyl groups excluding tert-OH is 8. The van der Waals surface area contributed by atoms with Gasteiger partial charge in [0.25, 0.3) is 0 Å². The topological polar surface area (TPSA) is 253 Å². The number of carbonyl (C=O) groups excluding carboxylic acids is 1. The molecule has 0 aromatic carbocycles. The van der Waals surface area contributed by atoms with Crippen molar-refractivity contribution < 1.29 is 74.5 Å². The van der Waals surface area contributed by atoms with E-state index in [1.54, 1.807) is 0 Å². The van der Waals surface area contributed by atoms with E-state index in [4.69, 9.17) is 18.9 Å². The minimum atomic E-state index is -1.75. The van der Waals surface area contributed by atoms with Crippen LogP contribution >= 0.6 is 0 Å². The van der Waals surface area contributed by atoms with Gasteiger partial charge < -0.3 is 64.9 Å². The van der Waals surface area contributed by atoms with Crippen molar-refractivity contribution in [3.05, 3.63) is 11.6 Å². The number of esters is 1. The summed E-state index contributed by atoms with van der Waals surface area (Å²) in [5.74, 6) is -1.90. The van der Waals surface area contributed by atoms with Crippen LogP contribution in [0.2, 0.25) is 0 Å². The first-order valence-electron chi connectivity index (χ1n) is 21.1. The van der Waals surface area contributed by atoms with E-state index in [-0.39, 0.29) is 41.9 Å². The summed E-state index contributed by atoms with van der Waals surface area (Å²) in [5.41, 5.74) is -3.12. The fourth-order valence-corrected chi connectivity index (χ4v) is 13.9. The van der Waals surface area contributed by atoms with Gasteiger partial charge in [-0.3, -0.25) is 9.59 Å². The molecule has 2 saturated heterocycles. The van der Waals surface area contributed by atoms with Gasteiger partial charge >= 0.3 is 11.9 Å². The highest BCUT2D eigenvalue weighted by atomic mass is 16.7. The van der Waals surface area contributed by atoms with E-state index >= 15 is 0 Å². The third-order valence-corrected chi connectivity index (χ3v) is 17.4. The van der Waals surface area contributed by atoms with Crippen molar-refractivity contribution in [2.75, 3.05) is 13.2 Å². The van der Waals surface area contributed by atoms with E-state index in [1.807, 2.05) is 0 Å². The molecule has 0 aromatic heterocycles. The molecular formula is C42H66O15. The van der Waals surface area contributed by atoms with Gasteiger partial charge in [-0.25, -0.2) is 0 Å². The van der Waals surface area contributed by atoms with Crippen LogP contribution in [0.3, 0.4) is 0 Å². The summed E-state index contributed by atoms with van der Waals surface area (Å²) >= 11 is 0. The molecule has 9 N–H and O–H groups in total. The van der Waals surface area contributed by atoms with Crippen molar-refractivity contribution in [3.8, 4) is 0 Å². The van der Waals surface area contributed by atoms with Gasteiger partial charge in [-0.15, -0.1) is 0 Å². The Balaban J connectivity index is 1.20. The van der Waals surface area contributed by atoms with Crippen LogP contribution in [0.25, 0.3) is 0 Å². The minimum Gasteiger partial charge on any atom is -0.481 e. The maximum Gasteiger partial charge on any atom is 0.315 e. The number of fused-ring (bicyclic) bond motifs is 7. The lowest BCUT2D eigenvalue weighted by molar-refractivity contribution is -0.330. The number of ether oxygens (including phenoxy) is 4. The molecule has 15 nitrogen and oxygen atoms in total. The molecule has 0 unspecified atom stereocenters. The van der Waals surface area contributed by atoms with E-state index in [2.05, 4.69) is 47.6 Å². The van der Waals surface area contributed by atoms with Crippen molar-refractivity contribution in [2.45, 2.75) is 167 Å². The zero-order valence-electron chi connectivity index (χ0n) is 34.1. The lowest BCUT2D eigenvalue weighted by atomic mass is 9.33. The summed E-state index contributed by atoms with van der Waals surface area (Å²) in [6, 6.07) is 0. The molecule has 0 bridgehead atoms. The number of carboxylic acid groups (broad SMARTS) is 1. The Morgan fingerprint density at radius 1 is 0.737 bits per heavy atom. The molecule has 7 rings (SSSR count). The number of carbonyl (C=O) groups is 2. The monoisotopic (exact) mass is 810 g/mol. The summed E-state index contributed by atoms with van der Waals surface area (Å²) < 4.78 is 23.7. The molecule has 324 valence electrons. The average molecular weight is 811 g/mol. The Morgan fingerprint density at radius 3 is 1.93 bits per heavy atom. The summed E-state index contributed by atoms with van der Waals surface area (Å²) in [6.45, 7) is 11.7. The zero-order chi connectivity index (χ0) is 41.8. The van der Waals surface area contributed by atoms with E-state index in [0.717, 1.165) is 5.57 Å². The van der Waals surface area contributed by atoms with Crippen LogP contribution in [-0.4, -0.2) is 139 Å². The van der Waals surface area contributed by atoms with E-state index < -0.39 is 120 Å². The van der Waals surface area contributed by atoms with Gasteiger partial charge in [0.1, 0.15) is 48.8 Å². The second-order valence-corrected chi connectivity index (χ2v) is 20.0. The molecule has 0 spiro atoms. The minimum absolute atomic E-state index is 0.0408. The number of rotatable bonds is 7. The quantitative estimate of drug-likeness (QED) is 0.0997. The van der Waals surface area contributed by atoms with Crippen molar-refractivity contribution in [1.29, 1.82) is 0 Å². The van der Waals surface area contributed by atoms with Gasteiger partial charge in [-0.1, -0.05) is 53.2 Å². The maximum absolute atomic E-state index is 14.6. The third-order valence-electron chi connectivity index (χ3n) is 17.4. The molecule has 2 heterocycles. The Labute approximate surface area is 334 Å². The third kappa shape index (κ3) is 6.14. The van der Waals surface area contributed by atoms with Crippen LogP contribution in [-0.2, 0) is 28.5 Å². The summed E-state index contributed by atoms with van der Waals surface area (Å²) in [4.78, 5) is 28.8. The van der Waals surface area contributed by atoms with Crippen LogP contribution < -0.4 is 0 Å². The molecule has 0 amide bonds. The molecular weight excluding hydrogens is 744 g/mol. The van der Waals surface area contributed by atoms with Crippen molar-refractivity contribution in [3.63, 3.8) is 0 Å². The van der Waals surface area contributed by atoms with Gasteiger partial charge in [-0.05, 0) is 104 Å². The highest BCUT2D eigenvalue weighted by Crippen LogP contribution is 2.76. The predicted molar refractivity (Wildman–Crippen MR) is 199 cm³/mol. The Hall–Kier alpha value is -1.76. The van der Waals surface area contributed by atoms with Gasteiger partial charge in [-0.2, -0.15) is 0 Å². The first kappa shape index (κ1) is 43.3. The highest BCUT2D eigenvalue weighted by molar-refractivity contribution is 5.85. The fraction of sp³-hybridized carbons (Fsp3) is 0.905. The number of allylic oxidation sites excluding steroid dienone is 1. The number of carboxylic acids is 1. The Morgan fingerprint density at radius 2 is 1.33 bits per heavy atom. The summed E-state index contributed by atoms with van der Waals surface area (Å²) in [7, 11) is 0. The molecule has 0 radical (unpaired) electrons. The standard InChI is InChI=1S/C42H66O15/c1-19-9-14-41(37(53)57-35-33(50)31(48)29(46)23(18-44)55-35)15-16-42(36(51)52)21(27(41)20(19)2)7-8-25-39(5)12-11-26(38(3,4)24(39)10-13-40(25,42)6)56-34-32(49)30(47)28(45)22(17-43)54-34/h7,19-20,22-35,43-50H,8-18H2,1-6H3,(H,51,52)/t19-,20+,22-,23-,24-,25+,26+,27+,28-,29-,30+,31+,32-,33-,34+,35+,39+,40-,41+,42-/m1/s1. The van der Waals surface area contributed by atoms with Crippen LogP contribution in [0.4, 0.5) is 0 Å². The molecule has 57 heavy (non-hydrogen) atoms. The second-order valence-electron chi connectivity index (χ2n) is 20.0. The van der Waals surface area contributed by atoms with Crippen LogP contribution in [0.1, 0.15) is 99.3 Å². The molecule has 4 saturated carbocycles. The lowest BCUT2D eigenvalue weighted by Crippen LogP contribution is -2.68. The van der Waals surface area contributed by atoms with Gasteiger partial charge in [0.05, 0.1) is 30.1 Å². The van der Waals surface area contributed by atoms with Crippen molar-refractivity contribution >= 4 is 11.9 Å². The first-order chi connectivity index (χ1) is 26.7. The van der Waals surface area contributed by atoms with E-state index in [0.29, 0.717) is 44.9 Å². The molecule has 7 aliphatic rings. The number of hydrogen-bond acceptors (Lipinski definition) is 14. The van der Waals surface area contributed by atoms with Crippen LogP contribution in [0.5, 0.6) is 0 Å². The Kier molecular flexibility index (Phi) is 11.4. The molecule has 2 aliphatic heterocycles. The van der Waals surface area contributed by atoms with Crippen LogP contribution in [0.15, 0.2) is 11.6 Å². The molecule has 15 heteroatoms. The van der Waals surface area contributed by atoms with E-state index in [1.165, 1.54) is 0 Å². The van der Waals surface area contributed by atoms with Gasteiger partial charge in [0.2, 0.25) is 6.29 Å². The number of aliphatic carboxylic acids is 1. The first-order valence-corrected chi connectivity index (χ1v) is 21.1. The average Bonchev–Trinajstić information content (AvgIpc) is 3.16. The van der Waals surface area contributed by atoms with Gasteiger partial charge in [0, 0.05) is 0 Å². The van der Waals surface area contributed by atoms with Crippen LogP contribution in [0, 0.1) is 56.7 Å². The molecule has 20 atom stereocenters. The smallest absolute Gasteiger partial charge is 0.315 e. The summed E-state index contributed by atoms with van der Waals surface area (Å²) in [5, 5.41) is 94.3. The fourth-order valence-electron chi connectivity index (χ4n) is 13.9. The zero-order valence-corrected chi connectivity index (χ0v) is 34.1. The molecule has 0 aromatic rings. The predicted octanol–water partition coefficient (Wildman–Crippen LogP) is 1.24. The Bertz CT molecular complexity index is 1570. The SMILES string of the molecule is C[C@H]1[C@H](C)CC[C@]2(C(=O)O[C@@H]3O[C@H](CO)[C@@H](O)[C@H](O)[C@H]3O)CC[C@]3(C(=O)O)C(=CC[C@H]4[C@@]5(C)CC[C@H](O[C@@H]6O[C@H](CO)[C@@H](O)[C@H](O)[C@H]6O)C(C)(C)[C@H]5CC[C@]43C)[C@H]12. The summed E-state index contributed by atoms with van der Waals surface area (Å²) in [6.07, 6.45) is -8.38. The van der Waals surface area contributed by atoms with E-state index in [9.17, 15) is 55.5 Å². The number of aliphatic hydroxyl groups is 8. The van der Waals surface area contributed by atoms with Crippen molar-refractivity contribution in [2.24, 2.45) is 56.7 Å². The maximum atomic E-state index is 14.6. The van der Waals surface area contributed by atoms with Gasteiger partial charge in [0.15, 0.2) is 6.29 Å². The van der Waals surface area contributed by atoms with Crippen molar-refractivity contribution in [1.82, 2.24) is 0 Å². The second kappa shape index (κ2) is 15.0.